The molecule has 0 heterocycles. The second-order valence-corrected chi connectivity index (χ2v) is 6.90. The standard InChI is InChI=1S/C21H27NO/c1-5-6-10-16-13-14-17(21(2,3)4)15-19(16)20(23)22-18-11-8-7-9-12-18/h5,7-9,11-15,20,22-23H,1,6,10H2,2-4H3. The van der Waals surface area contributed by atoms with Crippen molar-refractivity contribution in [2.45, 2.75) is 45.3 Å². The van der Waals surface area contributed by atoms with E-state index < -0.39 is 6.23 Å². The molecule has 0 aliphatic heterocycles. The lowest BCUT2D eigenvalue weighted by atomic mass is 9.84. The van der Waals surface area contributed by atoms with Crippen LogP contribution in [-0.4, -0.2) is 5.11 Å². The van der Waals surface area contributed by atoms with Crippen molar-refractivity contribution in [1.29, 1.82) is 0 Å². The minimum Gasteiger partial charge on any atom is -0.369 e. The maximum absolute atomic E-state index is 10.7. The summed E-state index contributed by atoms with van der Waals surface area (Å²) in [6.45, 7) is 10.4. The number of rotatable bonds is 6. The van der Waals surface area contributed by atoms with E-state index in [0.717, 1.165) is 29.7 Å². The second-order valence-electron chi connectivity index (χ2n) is 6.90. The van der Waals surface area contributed by atoms with Gasteiger partial charge in [0.05, 0.1) is 0 Å². The number of nitrogens with one attached hydrogen (secondary N) is 1. The second kappa shape index (κ2) is 7.47. The molecule has 2 aromatic rings. The molecule has 2 rings (SSSR count). The van der Waals surface area contributed by atoms with Crippen molar-refractivity contribution >= 4 is 5.69 Å². The number of hydrogen-bond acceptors (Lipinski definition) is 2. The number of para-hydroxylation sites is 1. The number of hydrogen-bond donors (Lipinski definition) is 2. The van der Waals surface area contributed by atoms with Crippen molar-refractivity contribution in [3.63, 3.8) is 0 Å². The summed E-state index contributed by atoms with van der Waals surface area (Å²) in [4.78, 5) is 0. The Labute approximate surface area is 139 Å². The number of aliphatic hydroxyl groups excluding tert-OH is 1. The van der Waals surface area contributed by atoms with Crippen molar-refractivity contribution in [2.24, 2.45) is 0 Å². The fraction of sp³-hybridized carbons (Fsp3) is 0.333. The molecule has 1 atom stereocenters. The quantitative estimate of drug-likeness (QED) is 0.567. The van der Waals surface area contributed by atoms with Gasteiger partial charge < -0.3 is 10.4 Å². The molecule has 2 heteroatoms. The summed E-state index contributed by atoms with van der Waals surface area (Å²) in [7, 11) is 0. The zero-order chi connectivity index (χ0) is 16.9. The van der Waals surface area contributed by atoms with Crippen LogP contribution in [0, 0.1) is 0 Å². The normalized spacial score (nSPS) is 12.7. The zero-order valence-electron chi connectivity index (χ0n) is 14.3. The van der Waals surface area contributed by atoms with Crippen LogP contribution in [0.1, 0.15) is 50.1 Å². The molecule has 0 bridgehead atoms. The highest BCUT2D eigenvalue weighted by molar-refractivity contribution is 5.46. The van der Waals surface area contributed by atoms with E-state index in [9.17, 15) is 5.11 Å². The molecular weight excluding hydrogens is 282 g/mol. The Morgan fingerprint density at radius 1 is 1.13 bits per heavy atom. The highest BCUT2D eigenvalue weighted by Crippen LogP contribution is 2.29. The molecule has 23 heavy (non-hydrogen) atoms. The highest BCUT2D eigenvalue weighted by atomic mass is 16.3. The van der Waals surface area contributed by atoms with E-state index in [0.29, 0.717) is 0 Å². The molecule has 0 saturated carbocycles. The smallest absolute Gasteiger partial charge is 0.151 e. The van der Waals surface area contributed by atoms with E-state index in [1.165, 1.54) is 5.56 Å². The first kappa shape index (κ1) is 17.3. The molecule has 2 nitrogen and oxygen atoms in total. The highest BCUT2D eigenvalue weighted by Gasteiger charge is 2.18. The fourth-order valence-corrected chi connectivity index (χ4v) is 2.57. The SMILES string of the molecule is C=CCCc1ccc(C(C)(C)C)cc1C(O)Nc1ccccc1. The Hall–Kier alpha value is -2.06. The predicted octanol–water partition coefficient (Wildman–Crippen LogP) is 5.21. The summed E-state index contributed by atoms with van der Waals surface area (Å²) in [5, 5.41) is 13.9. The van der Waals surface area contributed by atoms with Gasteiger partial charge in [0, 0.05) is 11.3 Å². The first-order valence-corrected chi connectivity index (χ1v) is 8.15. The molecule has 0 aromatic heterocycles. The fourth-order valence-electron chi connectivity index (χ4n) is 2.57. The minimum atomic E-state index is -0.723. The largest absolute Gasteiger partial charge is 0.369 e. The minimum absolute atomic E-state index is 0.0538. The van der Waals surface area contributed by atoms with E-state index >= 15 is 0 Å². The van der Waals surface area contributed by atoms with Crippen molar-refractivity contribution in [3.05, 3.63) is 77.9 Å². The molecule has 2 N–H and O–H groups in total. The van der Waals surface area contributed by atoms with E-state index in [4.69, 9.17) is 0 Å². The molecule has 0 aliphatic carbocycles. The molecule has 0 saturated heterocycles. The molecule has 122 valence electrons. The van der Waals surface area contributed by atoms with Crippen LogP contribution in [0.2, 0.25) is 0 Å². The van der Waals surface area contributed by atoms with Gasteiger partial charge in [-0.05, 0) is 41.5 Å². The van der Waals surface area contributed by atoms with Crippen LogP contribution < -0.4 is 5.32 Å². The first-order valence-electron chi connectivity index (χ1n) is 8.15. The van der Waals surface area contributed by atoms with Crippen LogP contribution in [0.15, 0.2) is 61.2 Å². The zero-order valence-corrected chi connectivity index (χ0v) is 14.3. The van der Waals surface area contributed by atoms with Crippen LogP contribution >= 0.6 is 0 Å². The summed E-state index contributed by atoms with van der Waals surface area (Å²) in [6, 6.07) is 16.2. The number of aliphatic hydroxyl groups is 1. The summed E-state index contributed by atoms with van der Waals surface area (Å²) in [6.07, 6.45) is 2.98. The van der Waals surface area contributed by atoms with Crippen molar-refractivity contribution in [1.82, 2.24) is 0 Å². The summed E-state index contributed by atoms with van der Waals surface area (Å²) < 4.78 is 0. The van der Waals surface area contributed by atoms with Gasteiger partial charge in [-0.3, -0.25) is 0 Å². The maximum atomic E-state index is 10.7. The van der Waals surface area contributed by atoms with Crippen molar-refractivity contribution in [2.75, 3.05) is 5.32 Å². The third kappa shape index (κ3) is 4.70. The van der Waals surface area contributed by atoms with E-state index in [-0.39, 0.29) is 5.41 Å². The average molecular weight is 309 g/mol. The van der Waals surface area contributed by atoms with Gasteiger partial charge in [-0.15, -0.1) is 6.58 Å². The van der Waals surface area contributed by atoms with Gasteiger partial charge in [0.2, 0.25) is 0 Å². The summed E-state index contributed by atoms with van der Waals surface area (Å²) in [5.41, 5.74) is 4.30. The Morgan fingerprint density at radius 3 is 2.43 bits per heavy atom. The molecule has 0 fully saturated rings. The molecule has 2 aromatic carbocycles. The maximum Gasteiger partial charge on any atom is 0.151 e. The van der Waals surface area contributed by atoms with Crippen molar-refractivity contribution in [3.8, 4) is 0 Å². The lowest BCUT2D eigenvalue weighted by Crippen LogP contribution is -2.16. The number of aryl methyl sites for hydroxylation is 1. The Morgan fingerprint density at radius 2 is 1.83 bits per heavy atom. The lowest BCUT2D eigenvalue weighted by Gasteiger charge is -2.24. The van der Waals surface area contributed by atoms with E-state index in [1.54, 1.807) is 0 Å². The average Bonchev–Trinajstić information content (AvgIpc) is 2.52. The van der Waals surface area contributed by atoms with Crippen molar-refractivity contribution < 1.29 is 5.11 Å². The third-order valence-electron chi connectivity index (χ3n) is 4.00. The van der Waals surface area contributed by atoms with Crippen LogP contribution in [0.25, 0.3) is 0 Å². The van der Waals surface area contributed by atoms with Gasteiger partial charge in [-0.25, -0.2) is 0 Å². The number of benzene rings is 2. The van der Waals surface area contributed by atoms with Gasteiger partial charge in [0.25, 0.3) is 0 Å². The summed E-state index contributed by atoms with van der Waals surface area (Å²) >= 11 is 0. The third-order valence-corrected chi connectivity index (χ3v) is 4.00. The van der Waals surface area contributed by atoms with Gasteiger partial charge in [0.1, 0.15) is 0 Å². The van der Waals surface area contributed by atoms with Gasteiger partial charge in [-0.2, -0.15) is 0 Å². The number of anilines is 1. The number of allylic oxidation sites excluding steroid dienone is 1. The predicted molar refractivity (Wildman–Crippen MR) is 98.7 cm³/mol. The topological polar surface area (TPSA) is 32.3 Å². The van der Waals surface area contributed by atoms with Gasteiger partial charge in [0.15, 0.2) is 6.23 Å². The molecule has 0 radical (unpaired) electrons. The van der Waals surface area contributed by atoms with Crippen LogP contribution in [-0.2, 0) is 11.8 Å². The molecule has 0 aliphatic rings. The molecule has 0 amide bonds. The molecular formula is C21H27NO. The van der Waals surface area contributed by atoms with Gasteiger partial charge >= 0.3 is 0 Å². The molecule has 1 unspecified atom stereocenters. The monoisotopic (exact) mass is 309 g/mol. The van der Waals surface area contributed by atoms with Crippen LogP contribution in [0.4, 0.5) is 5.69 Å². The van der Waals surface area contributed by atoms with E-state index in [1.807, 2.05) is 36.4 Å². The summed E-state index contributed by atoms with van der Waals surface area (Å²) in [5.74, 6) is 0. The Bertz CT molecular complexity index is 641. The molecule has 0 spiro atoms. The Balaban J connectivity index is 2.33. The van der Waals surface area contributed by atoms with Crippen LogP contribution in [0.5, 0.6) is 0 Å². The Kier molecular flexibility index (Phi) is 5.62. The van der Waals surface area contributed by atoms with E-state index in [2.05, 4.69) is 50.9 Å². The lowest BCUT2D eigenvalue weighted by molar-refractivity contribution is 0.207. The first-order chi connectivity index (χ1) is 10.9. The van der Waals surface area contributed by atoms with Gasteiger partial charge in [-0.1, -0.05) is 63.2 Å². The van der Waals surface area contributed by atoms with Crippen LogP contribution in [0.3, 0.4) is 0 Å².